The van der Waals surface area contributed by atoms with Crippen LogP contribution in [0.1, 0.15) is 0 Å². The molecular weight excluding hydrogens is 652 g/mol. The lowest BCUT2D eigenvalue weighted by Crippen LogP contribution is -2.74. The van der Waals surface area contributed by atoms with Crippen LogP contribution in [0.25, 0.3) is 55.0 Å². The largest absolute Gasteiger partial charge is 0.309 e. The van der Waals surface area contributed by atoms with E-state index < -0.39 is 8.07 Å². The molecule has 0 aliphatic carbocycles. The Labute approximate surface area is 302 Å². The van der Waals surface area contributed by atoms with E-state index in [9.17, 15) is 0 Å². The summed E-state index contributed by atoms with van der Waals surface area (Å²) in [6.07, 6.45) is 0. The summed E-state index contributed by atoms with van der Waals surface area (Å²) in [7, 11) is -2.75. The summed E-state index contributed by atoms with van der Waals surface area (Å²) >= 11 is 0. The average molecular weight is 685 g/mol. The molecule has 2 aromatic heterocycles. The summed E-state index contributed by atoms with van der Waals surface area (Å²) in [6, 6.07) is 70.7. The van der Waals surface area contributed by atoms with Gasteiger partial charge in [-0.2, -0.15) is 0 Å². The van der Waals surface area contributed by atoms with Crippen LogP contribution in [0.2, 0.25) is 0 Å². The van der Waals surface area contributed by atoms with Gasteiger partial charge in [-0.25, -0.2) is 4.39 Å². The second-order valence-corrected chi connectivity index (χ2v) is 17.3. The molecule has 0 radical (unpaired) electrons. The molecule has 0 spiro atoms. The lowest BCUT2D eigenvalue weighted by Gasteiger charge is -2.34. The number of halogens is 1. The molecule has 0 saturated carbocycles. The van der Waals surface area contributed by atoms with Gasteiger partial charge >= 0.3 is 0 Å². The maximum atomic E-state index is 16.8. The molecule has 0 aliphatic rings. The normalized spacial score (nSPS) is 11.9. The molecule has 10 aromatic rings. The second kappa shape index (κ2) is 12.1. The van der Waals surface area contributed by atoms with E-state index >= 15 is 4.39 Å². The van der Waals surface area contributed by atoms with Gasteiger partial charge in [-0.1, -0.05) is 158 Å². The maximum Gasteiger partial charge on any atom is 0.179 e. The van der Waals surface area contributed by atoms with Gasteiger partial charge in [0.25, 0.3) is 0 Å². The van der Waals surface area contributed by atoms with Gasteiger partial charge in [0.2, 0.25) is 0 Å². The van der Waals surface area contributed by atoms with Gasteiger partial charge in [0.05, 0.1) is 22.1 Å². The van der Waals surface area contributed by atoms with Crippen LogP contribution in [-0.2, 0) is 0 Å². The minimum absolute atomic E-state index is 0.251. The average Bonchev–Trinajstić information content (AvgIpc) is 3.73. The lowest BCUT2D eigenvalue weighted by atomic mass is 10.1. The Hall–Kier alpha value is -6.49. The van der Waals surface area contributed by atoms with E-state index in [0.29, 0.717) is 5.52 Å². The van der Waals surface area contributed by atoms with Crippen LogP contribution < -0.4 is 20.7 Å². The number of aromatic nitrogens is 2. The van der Waals surface area contributed by atoms with Gasteiger partial charge in [-0.05, 0) is 57.1 Å². The van der Waals surface area contributed by atoms with E-state index in [4.69, 9.17) is 0 Å². The van der Waals surface area contributed by atoms with E-state index in [1.807, 2.05) is 47.0 Å². The fourth-order valence-electron chi connectivity index (χ4n) is 8.56. The highest BCUT2D eigenvalue weighted by Gasteiger charge is 2.41. The van der Waals surface area contributed by atoms with Crippen molar-refractivity contribution in [2.75, 3.05) is 0 Å². The van der Waals surface area contributed by atoms with Gasteiger partial charge in [0.15, 0.2) is 8.07 Å². The molecule has 4 heteroatoms. The maximum absolute atomic E-state index is 16.8. The molecule has 0 atom stereocenters. The fraction of sp³-hybridized carbons (Fsp3) is 0. The molecule has 52 heavy (non-hydrogen) atoms. The molecule has 10 rings (SSSR count). The Morgan fingerprint density at radius 3 is 1.37 bits per heavy atom. The minimum atomic E-state index is -2.75. The molecule has 8 aromatic carbocycles. The van der Waals surface area contributed by atoms with Crippen LogP contribution >= 0.6 is 0 Å². The number of nitrogens with zero attached hydrogens (tertiary/aromatic N) is 2. The monoisotopic (exact) mass is 684 g/mol. The van der Waals surface area contributed by atoms with Gasteiger partial charge < -0.3 is 9.13 Å². The van der Waals surface area contributed by atoms with Crippen LogP contribution in [0.5, 0.6) is 0 Å². The first kappa shape index (κ1) is 30.3. The van der Waals surface area contributed by atoms with Crippen molar-refractivity contribution < 1.29 is 4.39 Å². The third kappa shape index (κ3) is 4.48. The van der Waals surface area contributed by atoms with Crippen LogP contribution in [0, 0.1) is 5.82 Å². The van der Waals surface area contributed by atoms with Crippen LogP contribution in [0.4, 0.5) is 4.39 Å². The smallest absolute Gasteiger partial charge is 0.179 e. The lowest BCUT2D eigenvalue weighted by molar-refractivity contribution is 0.634. The SMILES string of the molecule is Fc1cc(-n2c3ccccc3c3cc([Si](c4ccccc4)(c4ccccc4)c4ccccc4)ccc32)cc2c3ccccc3n(-c3ccccc3)c12. The number of para-hydroxylation sites is 3. The Morgan fingerprint density at radius 2 is 0.788 bits per heavy atom. The zero-order valence-corrected chi connectivity index (χ0v) is 29.3. The molecular formula is C48H33FN2Si. The van der Waals surface area contributed by atoms with Crippen LogP contribution in [0.15, 0.2) is 200 Å². The van der Waals surface area contributed by atoms with E-state index in [-0.39, 0.29) is 5.82 Å². The molecule has 0 amide bonds. The molecule has 0 unspecified atom stereocenters. The van der Waals surface area contributed by atoms with E-state index in [0.717, 1.165) is 49.5 Å². The quantitative estimate of drug-likeness (QED) is 0.122. The number of hydrogen-bond donors (Lipinski definition) is 0. The van der Waals surface area contributed by atoms with Crippen molar-refractivity contribution in [2.45, 2.75) is 0 Å². The van der Waals surface area contributed by atoms with Crippen molar-refractivity contribution in [2.24, 2.45) is 0 Å². The van der Waals surface area contributed by atoms with Gasteiger partial charge in [0.1, 0.15) is 5.82 Å². The summed E-state index contributed by atoms with van der Waals surface area (Å²) in [5, 5.41) is 9.51. The van der Waals surface area contributed by atoms with Crippen molar-refractivity contribution in [3.05, 3.63) is 206 Å². The third-order valence-electron chi connectivity index (χ3n) is 10.7. The molecule has 0 saturated heterocycles. The third-order valence-corrected chi connectivity index (χ3v) is 15.5. The minimum Gasteiger partial charge on any atom is -0.309 e. The summed E-state index contributed by atoms with van der Waals surface area (Å²) in [5.41, 5.74) is 5.41. The zero-order valence-electron chi connectivity index (χ0n) is 28.3. The number of hydrogen-bond acceptors (Lipinski definition) is 0. The molecule has 2 nitrogen and oxygen atoms in total. The molecule has 0 aliphatic heterocycles. The Balaban J connectivity index is 1.27. The molecule has 2 heterocycles. The van der Waals surface area contributed by atoms with Gasteiger partial charge in [-0.3, -0.25) is 0 Å². The molecule has 0 bridgehead atoms. The van der Waals surface area contributed by atoms with Crippen molar-refractivity contribution >= 4 is 72.4 Å². The first-order chi connectivity index (χ1) is 25.7. The molecule has 246 valence electrons. The van der Waals surface area contributed by atoms with Gasteiger partial charge in [-0.15, -0.1) is 0 Å². The van der Waals surface area contributed by atoms with E-state index in [1.165, 1.54) is 20.7 Å². The Morgan fingerprint density at radius 1 is 0.327 bits per heavy atom. The van der Waals surface area contributed by atoms with E-state index in [2.05, 4.69) is 156 Å². The summed E-state index contributed by atoms with van der Waals surface area (Å²) in [6.45, 7) is 0. The van der Waals surface area contributed by atoms with Crippen molar-refractivity contribution in [1.82, 2.24) is 9.13 Å². The standard InChI is InChI=1S/C48H33FN2Si/c49-44-32-35(31-43-41-26-14-16-28-46(41)51(48(43)44)34-17-5-1-6-18-34)50-45-27-15-13-25-40(45)42-33-39(29-30-47(42)50)52(36-19-7-2-8-20-36,37-21-9-3-10-22-37)38-23-11-4-12-24-38/h1-33H. The van der Waals surface area contributed by atoms with Crippen molar-refractivity contribution in [1.29, 1.82) is 0 Å². The predicted molar refractivity (Wildman–Crippen MR) is 219 cm³/mol. The first-order valence-corrected chi connectivity index (χ1v) is 19.7. The number of benzene rings is 8. The predicted octanol–water partition coefficient (Wildman–Crippen LogP) is 9.40. The van der Waals surface area contributed by atoms with Gasteiger partial charge in [0, 0.05) is 39.0 Å². The molecule has 0 fully saturated rings. The van der Waals surface area contributed by atoms with E-state index in [1.54, 1.807) is 6.07 Å². The number of rotatable bonds is 6. The van der Waals surface area contributed by atoms with Crippen LogP contribution in [-0.4, -0.2) is 17.2 Å². The second-order valence-electron chi connectivity index (χ2n) is 13.4. The fourth-order valence-corrected chi connectivity index (χ4v) is 13.3. The highest BCUT2D eigenvalue weighted by molar-refractivity contribution is 7.20. The Kier molecular flexibility index (Phi) is 7.05. The summed E-state index contributed by atoms with van der Waals surface area (Å²) in [5.74, 6) is -0.251. The highest BCUT2D eigenvalue weighted by Crippen LogP contribution is 2.38. The zero-order chi connectivity index (χ0) is 34.6. The molecule has 0 N–H and O–H groups in total. The Bertz CT molecular complexity index is 2800. The first-order valence-electron chi connectivity index (χ1n) is 17.7. The van der Waals surface area contributed by atoms with Crippen molar-refractivity contribution in [3.63, 3.8) is 0 Å². The topological polar surface area (TPSA) is 9.86 Å². The summed E-state index contributed by atoms with van der Waals surface area (Å²) < 4.78 is 21.1. The van der Waals surface area contributed by atoms with Crippen molar-refractivity contribution in [3.8, 4) is 11.4 Å². The summed E-state index contributed by atoms with van der Waals surface area (Å²) in [4.78, 5) is 0. The highest BCUT2D eigenvalue weighted by atomic mass is 28.3. The number of fused-ring (bicyclic) bond motifs is 6. The van der Waals surface area contributed by atoms with Crippen LogP contribution in [0.3, 0.4) is 0 Å².